The Morgan fingerprint density at radius 3 is 2.42 bits per heavy atom. The lowest BCUT2D eigenvalue weighted by atomic mass is 10.1. The highest BCUT2D eigenvalue weighted by Gasteiger charge is 2.24. The van der Waals surface area contributed by atoms with Gasteiger partial charge >= 0.3 is 0 Å². The van der Waals surface area contributed by atoms with Crippen LogP contribution >= 0.6 is 11.8 Å². The van der Waals surface area contributed by atoms with E-state index in [0.29, 0.717) is 50.5 Å². The van der Waals surface area contributed by atoms with Crippen LogP contribution in [-0.2, 0) is 5.75 Å². The molecule has 3 aromatic rings. The lowest BCUT2D eigenvalue weighted by molar-refractivity contribution is 0.399. The first-order valence-corrected chi connectivity index (χ1v) is 9.29. The number of nitrogens with one attached hydrogen (secondary N) is 1. The molecule has 0 saturated carbocycles. The molecule has 6 nitrogen and oxygen atoms in total. The minimum absolute atomic E-state index is 0.145. The first-order valence-electron chi connectivity index (χ1n) is 7.90. The lowest BCUT2D eigenvalue weighted by Crippen LogP contribution is -2.12. The molecule has 3 rings (SSSR count). The van der Waals surface area contributed by atoms with Crippen LogP contribution in [0.4, 0.5) is 0 Å². The number of thioether (sulfide) groups is 1. The molecule has 1 N–H and O–H groups in total. The van der Waals surface area contributed by atoms with Crippen molar-refractivity contribution in [2.24, 2.45) is 0 Å². The van der Waals surface area contributed by atoms with Crippen molar-refractivity contribution in [1.29, 1.82) is 0 Å². The van der Waals surface area contributed by atoms with E-state index in [-0.39, 0.29) is 5.43 Å². The van der Waals surface area contributed by atoms with Crippen molar-refractivity contribution in [2.75, 3.05) is 34.6 Å². The quantitative estimate of drug-likeness (QED) is 0.723. The van der Waals surface area contributed by atoms with Gasteiger partial charge in [0.15, 0.2) is 11.2 Å². The van der Waals surface area contributed by atoms with E-state index >= 15 is 0 Å². The fourth-order valence-corrected chi connectivity index (χ4v) is 3.26. The zero-order valence-corrected chi connectivity index (χ0v) is 16.4. The van der Waals surface area contributed by atoms with Gasteiger partial charge in [0.25, 0.3) is 0 Å². The van der Waals surface area contributed by atoms with E-state index in [9.17, 15) is 4.79 Å². The molecule has 26 heavy (non-hydrogen) atoms. The van der Waals surface area contributed by atoms with Crippen LogP contribution in [0.5, 0.6) is 11.5 Å². The van der Waals surface area contributed by atoms with Crippen molar-refractivity contribution in [1.82, 2.24) is 5.32 Å². The largest absolute Gasteiger partial charge is 0.495 e. The molecule has 0 aliphatic carbocycles. The van der Waals surface area contributed by atoms with Gasteiger partial charge in [-0.15, -0.1) is 0 Å². The van der Waals surface area contributed by atoms with Crippen LogP contribution in [0.2, 0.25) is 0 Å². The summed E-state index contributed by atoms with van der Waals surface area (Å²) in [7, 11) is 6.77. The van der Waals surface area contributed by atoms with E-state index in [4.69, 9.17) is 18.3 Å². The monoisotopic (exact) mass is 377 g/mol. The van der Waals surface area contributed by atoms with Gasteiger partial charge in [0, 0.05) is 5.75 Å². The molecule has 0 spiro atoms. The molecule has 0 unspecified atom stereocenters. The van der Waals surface area contributed by atoms with Crippen LogP contribution < -0.4 is 20.2 Å². The smallest absolute Gasteiger partial charge is 0.206 e. The Hall–Kier alpha value is -2.38. The average Bonchev–Trinajstić information content (AvgIpc) is 3.12. The lowest BCUT2D eigenvalue weighted by Gasteiger charge is -2.13. The number of hydrogen-bond acceptors (Lipinski definition) is 7. The van der Waals surface area contributed by atoms with E-state index < -0.39 is 0 Å². The minimum Gasteiger partial charge on any atom is -0.495 e. The molecular weight excluding hydrogens is 354 g/mol. The first-order chi connectivity index (χ1) is 12.6. The summed E-state index contributed by atoms with van der Waals surface area (Å²) >= 11 is 1.54. The second kappa shape index (κ2) is 8.82. The average molecular weight is 377 g/mol. The number of fused-ring (bicyclic) bond motifs is 2. The molecule has 0 fully saturated rings. The third-order valence-electron chi connectivity index (χ3n) is 3.67. The first kappa shape index (κ1) is 19.9. The molecule has 0 aliphatic heterocycles. The second-order valence-corrected chi connectivity index (χ2v) is 6.21. The molecule has 0 bridgehead atoms. The molecule has 0 atom stereocenters. The van der Waals surface area contributed by atoms with Crippen molar-refractivity contribution in [3.8, 4) is 11.5 Å². The zero-order chi connectivity index (χ0) is 19.3. The maximum Gasteiger partial charge on any atom is 0.206 e. The highest BCUT2D eigenvalue weighted by molar-refractivity contribution is 7.97. The van der Waals surface area contributed by atoms with E-state index in [1.807, 2.05) is 20.4 Å². The molecule has 1 aromatic carbocycles. The summed E-state index contributed by atoms with van der Waals surface area (Å²) in [6.45, 7) is 3.73. The predicted molar refractivity (Wildman–Crippen MR) is 108 cm³/mol. The number of ether oxygens (including phenoxy) is 2. The maximum atomic E-state index is 13.0. The molecule has 0 aliphatic rings. The molecule has 140 valence electrons. The van der Waals surface area contributed by atoms with Gasteiger partial charge < -0.3 is 23.6 Å². The fraction of sp³-hybridized carbons (Fsp3) is 0.316. The normalized spacial score (nSPS) is 10.5. The molecule has 0 radical (unpaired) electrons. The minimum atomic E-state index is -0.145. The number of rotatable bonds is 5. The molecule has 2 aromatic heterocycles. The Balaban J connectivity index is 0.000000758. The predicted octanol–water partition coefficient (Wildman–Crippen LogP) is 3.90. The number of furan rings is 1. The van der Waals surface area contributed by atoms with Crippen LogP contribution in [0.1, 0.15) is 11.3 Å². The van der Waals surface area contributed by atoms with Crippen LogP contribution in [0, 0.1) is 0 Å². The van der Waals surface area contributed by atoms with Crippen molar-refractivity contribution < 1.29 is 18.3 Å². The number of benzene rings is 1. The SMILES string of the molecule is C=Cc1oc2c(OC)c3occc3c(OC)c2c(=O)c1CSC.CNC. The van der Waals surface area contributed by atoms with Gasteiger partial charge in [-0.2, -0.15) is 11.8 Å². The summed E-state index contributed by atoms with van der Waals surface area (Å²) < 4.78 is 22.3. The summed E-state index contributed by atoms with van der Waals surface area (Å²) in [5.41, 5.74) is 1.20. The van der Waals surface area contributed by atoms with Crippen LogP contribution in [-0.4, -0.2) is 34.6 Å². The van der Waals surface area contributed by atoms with Crippen molar-refractivity contribution in [2.45, 2.75) is 5.75 Å². The van der Waals surface area contributed by atoms with Crippen molar-refractivity contribution in [3.05, 3.63) is 40.5 Å². The Morgan fingerprint density at radius 1 is 1.23 bits per heavy atom. The van der Waals surface area contributed by atoms with Gasteiger partial charge in [-0.05, 0) is 32.5 Å². The molecule has 0 saturated heterocycles. The van der Waals surface area contributed by atoms with Gasteiger partial charge in [0.2, 0.25) is 11.2 Å². The van der Waals surface area contributed by atoms with E-state index in [1.165, 1.54) is 38.3 Å². The van der Waals surface area contributed by atoms with E-state index in [2.05, 4.69) is 11.9 Å². The number of hydrogen-bond donors (Lipinski definition) is 1. The highest BCUT2D eigenvalue weighted by Crippen LogP contribution is 2.42. The maximum absolute atomic E-state index is 13.0. The summed E-state index contributed by atoms with van der Waals surface area (Å²) in [6.07, 6.45) is 4.98. The van der Waals surface area contributed by atoms with Crippen molar-refractivity contribution in [3.63, 3.8) is 0 Å². The third kappa shape index (κ3) is 3.32. The van der Waals surface area contributed by atoms with Crippen LogP contribution in [0.25, 0.3) is 28.0 Å². The fourth-order valence-electron chi connectivity index (χ4n) is 2.70. The molecule has 7 heteroatoms. The Labute approximate surface area is 156 Å². The Kier molecular flexibility index (Phi) is 6.76. The summed E-state index contributed by atoms with van der Waals surface area (Å²) in [5, 5.41) is 3.78. The Bertz CT molecular complexity index is 974. The van der Waals surface area contributed by atoms with Gasteiger partial charge in [0.05, 0.1) is 31.4 Å². The van der Waals surface area contributed by atoms with E-state index in [1.54, 1.807) is 6.07 Å². The zero-order valence-electron chi connectivity index (χ0n) is 15.6. The standard InChI is InChI=1S/C17H16O5S.C2H7N/c1-5-11-10(8-23-4)13(18)12-14(19-2)9-6-7-21-15(9)17(20-3)16(12)22-11;1-3-2/h5-7H,1,8H2,2-4H3;3H,1-2H3. The molecule has 0 amide bonds. The van der Waals surface area contributed by atoms with Crippen molar-refractivity contribution >= 4 is 39.8 Å². The van der Waals surface area contributed by atoms with Gasteiger partial charge in [-0.3, -0.25) is 4.79 Å². The summed E-state index contributed by atoms with van der Waals surface area (Å²) in [4.78, 5) is 13.0. The Morgan fingerprint density at radius 2 is 1.88 bits per heavy atom. The molecule has 2 heterocycles. The summed E-state index contributed by atoms with van der Waals surface area (Å²) in [5.74, 6) is 1.75. The highest BCUT2D eigenvalue weighted by atomic mass is 32.2. The van der Waals surface area contributed by atoms with Crippen LogP contribution in [0.3, 0.4) is 0 Å². The van der Waals surface area contributed by atoms with Crippen LogP contribution in [0.15, 0.2) is 32.5 Å². The van der Waals surface area contributed by atoms with E-state index in [0.717, 1.165) is 0 Å². The van der Waals surface area contributed by atoms with Gasteiger partial charge in [-0.25, -0.2) is 0 Å². The molecular formula is C19H23NO5S. The van der Waals surface area contributed by atoms with Gasteiger partial charge in [0.1, 0.15) is 16.9 Å². The van der Waals surface area contributed by atoms with Gasteiger partial charge in [-0.1, -0.05) is 6.58 Å². The topological polar surface area (TPSA) is 73.8 Å². The summed E-state index contributed by atoms with van der Waals surface area (Å²) in [6, 6.07) is 1.74. The second-order valence-electron chi connectivity index (χ2n) is 5.35. The number of methoxy groups -OCH3 is 2. The third-order valence-corrected chi connectivity index (χ3v) is 4.25.